The summed E-state index contributed by atoms with van der Waals surface area (Å²) in [6.07, 6.45) is 0. The number of aryl methyl sites for hydroxylation is 1. The van der Waals surface area contributed by atoms with Crippen LogP contribution >= 0.6 is 0 Å². The second-order valence-electron chi connectivity index (χ2n) is 5.65. The predicted octanol–water partition coefficient (Wildman–Crippen LogP) is 4.24. The first-order valence-electron chi connectivity index (χ1n) is 7.79. The first-order chi connectivity index (χ1) is 11.5. The summed E-state index contributed by atoms with van der Waals surface area (Å²) in [4.78, 5) is 14.2. The predicted molar refractivity (Wildman–Crippen MR) is 95.9 cm³/mol. The molecule has 1 atom stereocenters. The standard InChI is InChI=1S/C19H24N2O3/c1-13-11-17(23-4)18(24-5)12-16(13)20-19(22)21(3)14(2)15-9-7-6-8-10-15/h6-12,14H,1-5H3,(H,20,22)/t14-/m1/s1. The number of rotatable bonds is 5. The molecular weight excluding hydrogens is 304 g/mol. The van der Waals surface area contributed by atoms with E-state index >= 15 is 0 Å². The van der Waals surface area contributed by atoms with E-state index in [0.717, 1.165) is 11.1 Å². The number of carbonyl (C=O) groups excluding carboxylic acids is 1. The molecule has 0 radical (unpaired) electrons. The highest BCUT2D eigenvalue weighted by atomic mass is 16.5. The smallest absolute Gasteiger partial charge is 0.322 e. The van der Waals surface area contributed by atoms with Crippen LogP contribution in [0.3, 0.4) is 0 Å². The zero-order valence-electron chi connectivity index (χ0n) is 14.8. The molecule has 0 aliphatic heterocycles. The van der Waals surface area contributed by atoms with Gasteiger partial charge in [0.15, 0.2) is 11.5 Å². The van der Waals surface area contributed by atoms with Gasteiger partial charge in [-0.2, -0.15) is 0 Å². The Bertz CT molecular complexity index is 701. The highest BCUT2D eigenvalue weighted by Crippen LogP contribution is 2.33. The molecule has 0 spiro atoms. The Morgan fingerprint density at radius 2 is 1.67 bits per heavy atom. The van der Waals surface area contributed by atoms with Crippen LogP contribution in [0.25, 0.3) is 0 Å². The Morgan fingerprint density at radius 1 is 1.08 bits per heavy atom. The molecule has 0 bridgehead atoms. The van der Waals surface area contributed by atoms with Crippen molar-refractivity contribution in [2.45, 2.75) is 19.9 Å². The minimum Gasteiger partial charge on any atom is -0.493 e. The minimum atomic E-state index is -0.179. The lowest BCUT2D eigenvalue weighted by atomic mass is 10.1. The number of benzene rings is 2. The molecule has 0 saturated carbocycles. The van der Waals surface area contributed by atoms with E-state index in [1.165, 1.54) is 0 Å². The van der Waals surface area contributed by atoms with Gasteiger partial charge in [0.05, 0.1) is 20.3 Å². The van der Waals surface area contributed by atoms with E-state index < -0.39 is 0 Å². The molecule has 2 aromatic rings. The van der Waals surface area contributed by atoms with Crippen molar-refractivity contribution < 1.29 is 14.3 Å². The molecule has 24 heavy (non-hydrogen) atoms. The van der Waals surface area contributed by atoms with Gasteiger partial charge in [-0.15, -0.1) is 0 Å². The van der Waals surface area contributed by atoms with Crippen molar-refractivity contribution in [2.75, 3.05) is 26.6 Å². The molecule has 2 amide bonds. The number of ether oxygens (including phenoxy) is 2. The fourth-order valence-corrected chi connectivity index (χ4v) is 2.45. The summed E-state index contributed by atoms with van der Waals surface area (Å²) >= 11 is 0. The normalized spacial score (nSPS) is 11.5. The van der Waals surface area contributed by atoms with Crippen molar-refractivity contribution in [1.29, 1.82) is 0 Å². The van der Waals surface area contributed by atoms with E-state index in [0.29, 0.717) is 17.2 Å². The van der Waals surface area contributed by atoms with Gasteiger partial charge < -0.3 is 19.7 Å². The maximum absolute atomic E-state index is 12.6. The maximum atomic E-state index is 12.6. The summed E-state index contributed by atoms with van der Waals surface area (Å²) in [6, 6.07) is 13.3. The monoisotopic (exact) mass is 328 g/mol. The molecule has 0 heterocycles. The average molecular weight is 328 g/mol. The molecule has 128 valence electrons. The minimum absolute atomic E-state index is 0.0355. The SMILES string of the molecule is COc1cc(C)c(NC(=O)N(C)[C@H](C)c2ccccc2)cc1OC. The van der Waals surface area contributed by atoms with E-state index in [2.05, 4.69) is 5.32 Å². The van der Waals surface area contributed by atoms with Crippen LogP contribution in [-0.2, 0) is 0 Å². The molecule has 0 saturated heterocycles. The Labute approximate surface area is 143 Å². The van der Waals surface area contributed by atoms with Crippen LogP contribution in [0.4, 0.5) is 10.5 Å². The van der Waals surface area contributed by atoms with Crippen LogP contribution in [0.15, 0.2) is 42.5 Å². The number of methoxy groups -OCH3 is 2. The van der Waals surface area contributed by atoms with E-state index in [-0.39, 0.29) is 12.1 Å². The number of hydrogen-bond donors (Lipinski definition) is 1. The summed E-state index contributed by atoms with van der Waals surface area (Å²) in [6.45, 7) is 3.91. The van der Waals surface area contributed by atoms with E-state index in [1.807, 2.05) is 50.2 Å². The van der Waals surface area contributed by atoms with Crippen molar-refractivity contribution in [3.8, 4) is 11.5 Å². The van der Waals surface area contributed by atoms with Crippen LogP contribution in [0.2, 0.25) is 0 Å². The number of anilines is 1. The number of hydrogen-bond acceptors (Lipinski definition) is 3. The Hall–Kier alpha value is -2.69. The number of urea groups is 1. The van der Waals surface area contributed by atoms with Gasteiger partial charge in [-0.3, -0.25) is 0 Å². The molecule has 2 aromatic carbocycles. The summed E-state index contributed by atoms with van der Waals surface area (Å²) in [5.41, 5.74) is 2.69. The van der Waals surface area contributed by atoms with Crippen molar-refractivity contribution in [3.05, 3.63) is 53.6 Å². The maximum Gasteiger partial charge on any atom is 0.322 e. The molecule has 1 N–H and O–H groups in total. The summed E-state index contributed by atoms with van der Waals surface area (Å²) in [5.74, 6) is 1.22. The van der Waals surface area contributed by atoms with Crippen LogP contribution in [-0.4, -0.2) is 32.2 Å². The first kappa shape index (κ1) is 17.7. The van der Waals surface area contributed by atoms with Gasteiger partial charge in [0.1, 0.15) is 0 Å². The summed E-state index contributed by atoms with van der Waals surface area (Å²) < 4.78 is 10.6. The van der Waals surface area contributed by atoms with Gasteiger partial charge >= 0.3 is 6.03 Å². The molecule has 0 unspecified atom stereocenters. The third kappa shape index (κ3) is 3.79. The summed E-state index contributed by atoms with van der Waals surface area (Å²) in [5, 5.41) is 2.94. The largest absolute Gasteiger partial charge is 0.493 e. The average Bonchev–Trinajstić information content (AvgIpc) is 2.62. The van der Waals surface area contributed by atoms with Gasteiger partial charge in [-0.05, 0) is 31.0 Å². The Kier molecular flexibility index (Phi) is 5.68. The fourth-order valence-electron chi connectivity index (χ4n) is 2.45. The highest BCUT2D eigenvalue weighted by molar-refractivity contribution is 5.90. The summed E-state index contributed by atoms with van der Waals surface area (Å²) in [7, 11) is 4.94. The van der Waals surface area contributed by atoms with E-state index in [4.69, 9.17) is 9.47 Å². The molecule has 0 aliphatic rings. The molecule has 0 aromatic heterocycles. The van der Waals surface area contributed by atoms with Gasteiger partial charge in [0, 0.05) is 18.8 Å². The zero-order valence-corrected chi connectivity index (χ0v) is 14.8. The molecule has 0 fully saturated rings. The van der Waals surface area contributed by atoms with Gasteiger partial charge in [0.25, 0.3) is 0 Å². The van der Waals surface area contributed by atoms with Crippen LogP contribution < -0.4 is 14.8 Å². The second-order valence-corrected chi connectivity index (χ2v) is 5.65. The van der Waals surface area contributed by atoms with E-state index in [1.54, 1.807) is 32.2 Å². The van der Waals surface area contributed by atoms with Gasteiger partial charge in [-0.1, -0.05) is 30.3 Å². The number of nitrogens with zero attached hydrogens (tertiary/aromatic N) is 1. The van der Waals surface area contributed by atoms with Crippen LogP contribution in [0, 0.1) is 6.92 Å². The third-order valence-corrected chi connectivity index (χ3v) is 4.16. The molecule has 5 heteroatoms. The van der Waals surface area contributed by atoms with Crippen molar-refractivity contribution >= 4 is 11.7 Å². The van der Waals surface area contributed by atoms with Crippen LogP contribution in [0.5, 0.6) is 11.5 Å². The zero-order chi connectivity index (χ0) is 17.7. The number of carbonyl (C=O) groups is 1. The third-order valence-electron chi connectivity index (χ3n) is 4.16. The van der Waals surface area contributed by atoms with Crippen molar-refractivity contribution in [1.82, 2.24) is 4.90 Å². The molecule has 5 nitrogen and oxygen atoms in total. The second kappa shape index (κ2) is 7.73. The topological polar surface area (TPSA) is 50.8 Å². The number of amides is 2. The molecular formula is C19H24N2O3. The van der Waals surface area contributed by atoms with Crippen molar-refractivity contribution in [3.63, 3.8) is 0 Å². The molecule has 2 rings (SSSR count). The molecule has 0 aliphatic carbocycles. The van der Waals surface area contributed by atoms with Crippen molar-refractivity contribution in [2.24, 2.45) is 0 Å². The lowest BCUT2D eigenvalue weighted by molar-refractivity contribution is 0.208. The quantitative estimate of drug-likeness (QED) is 0.893. The highest BCUT2D eigenvalue weighted by Gasteiger charge is 2.18. The lowest BCUT2D eigenvalue weighted by Gasteiger charge is -2.26. The van der Waals surface area contributed by atoms with Gasteiger partial charge in [0.2, 0.25) is 0 Å². The Balaban J connectivity index is 2.17. The van der Waals surface area contributed by atoms with Gasteiger partial charge in [-0.25, -0.2) is 4.79 Å². The first-order valence-corrected chi connectivity index (χ1v) is 7.79. The van der Waals surface area contributed by atoms with Crippen LogP contribution in [0.1, 0.15) is 24.1 Å². The lowest BCUT2D eigenvalue weighted by Crippen LogP contribution is -2.33. The number of nitrogens with one attached hydrogen (secondary N) is 1. The Morgan fingerprint density at radius 3 is 2.25 bits per heavy atom. The fraction of sp³-hybridized carbons (Fsp3) is 0.316. The van der Waals surface area contributed by atoms with E-state index in [9.17, 15) is 4.79 Å².